The molecular weight excluding hydrogens is 264 g/mol. The van der Waals surface area contributed by atoms with Crippen LogP contribution >= 0.6 is 0 Å². The third kappa shape index (κ3) is 4.43. The SMILES string of the molecule is CCC1CN(C(CN)c2ccc(OC(C)C)cc2)CCO1. The molecule has 4 nitrogen and oxygen atoms in total. The lowest BCUT2D eigenvalue weighted by atomic mass is 10.0. The van der Waals surface area contributed by atoms with Gasteiger partial charge in [0.2, 0.25) is 0 Å². The normalized spacial score (nSPS) is 21.5. The van der Waals surface area contributed by atoms with E-state index in [-0.39, 0.29) is 12.1 Å². The van der Waals surface area contributed by atoms with Gasteiger partial charge in [-0.05, 0) is 38.0 Å². The second-order valence-electron chi connectivity index (χ2n) is 5.88. The molecule has 2 N–H and O–H groups in total. The van der Waals surface area contributed by atoms with Crippen LogP contribution in [0.3, 0.4) is 0 Å². The van der Waals surface area contributed by atoms with Gasteiger partial charge in [-0.1, -0.05) is 19.1 Å². The fraction of sp³-hybridized carbons (Fsp3) is 0.647. The zero-order valence-electron chi connectivity index (χ0n) is 13.4. The summed E-state index contributed by atoms with van der Waals surface area (Å²) >= 11 is 0. The first-order valence-electron chi connectivity index (χ1n) is 7.96. The Hall–Kier alpha value is -1.10. The van der Waals surface area contributed by atoms with Crippen LogP contribution in [0.25, 0.3) is 0 Å². The molecule has 118 valence electrons. The van der Waals surface area contributed by atoms with Crippen molar-refractivity contribution in [1.29, 1.82) is 0 Å². The van der Waals surface area contributed by atoms with E-state index in [2.05, 4.69) is 24.0 Å². The monoisotopic (exact) mass is 292 g/mol. The van der Waals surface area contributed by atoms with E-state index in [1.807, 2.05) is 26.0 Å². The zero-order chi connectivity index (χ0) is 15.2. The molecule has 0 aromatic heterocycles. The van der Waals surface area contributed by atoms with Crippen molar-refractivity contribution in [2.24, 2.45) is 5.73 Å². The van der Waals surface area contributed by atoms with E-state index in [4.69, 9.17) is 15.2 Å². The number of nitrogens with zero attached hydrogens (tertiary/aromatic N) is 1. The van der Waals surface area contributed by atoms with Gasteiger partial charge in [0.15, 0.2) is 0 Å². The van der Waals surface area contributed by atoms with Crippen molar-refractivity contribution in [2.45, 2.75) is 45.4 Å². The molecule has 0 spiro atoms. The van der Waals surface area contributed by atoms with Crippen molar-refractivity contribution in [3.05, 3.63) is 29.8 Å². The third-order valence-corrected chi connectivity index (χ3v) is 3.93. The van der Waals surface area contributed by atoms with Crippen molar-refractivity contribution < 1.29 is 9.47 Å². The van der Waals surface area contributed by atoms with Crippen LogP contribution in [0.2, 0.25) is 0 Å². The van der Waals surface area contributed by atoms with Crippen LogP contribution in [0, 0.1) is 0 Å². The third-order valence-electron chi connectivity index (χ3n) is 3.93. The molecule has 1 fully saturated rings. The van der Waals surface area contributed by atoms with Crippen molar-refractivity contribution in [2.75, 3.05) is 26.2 Å². The van der Waals surface area contributed by atoms with Gasteiger partial charge in [-0.15, -0.1) is 0 Å². The Morgan fingerprint density at radius 3 is 2.62 bits per heavy atom. The number of benzene rings is 1. The molecule has 2 rings (SSSR count). The summed E-state index contributed by atoms with van der Waals surface area (Å²) in [5, 5.41) is 0. The van der Waals surface area contributed by atoms with Crippen LogP contribution in [-0.2, 0) is 4.74 Å². The van der Waals surface area contributed by atoms with E-state index in [0.29, 0.717) is 12.6 Å². The quantitative estimate of drug-likeness (QED) is 0.875. The number of morpholine rings is 1. The molecule has 0 aliphatic carbocycles. The Balaban J connectivity index is 2.06. The molecule has 0 amide bonds. The number of nitrogens with two attached hydrogens (primary N) is 1. The fourth-order valence-electron chi connectivity index (χ4n) is 2.81. The van der Waals surface area contributed by atoms with Crippen molar-refractivity contribution in [1.82, 2.24) is 4.90 Å². The molecule has 2 unspecified atom stereocenters. The van der Waals surface area contributed by atoms with Crippen LogP contribution in [0.4, 0.5) is 0 Å². The molecule has 0 saturated carbocycles. The van der Waals surface area contributed by atoms with Crippen molar-refractivity contribution >= 4 is 0 Å². The highest BCUT2D eigenvalue weighted by Crippen LogP contribution is 2.25. The van der Waals surface area contributed by atoms with E-state index in [9.17, 15) is 0 Å². The fourth-order valence-corrected chi connectivity index (χ4v) is 2.81. The molecule has 1 aliphatic rings. The van der Waals surface area contributed by atoms with Gasteiger partial charge in [0.25, 0.3) is 0 Å². The molecule has 4 heteroatoms. The number of ether oxygens (including phenoxy) is 2. The highest BCUT2D eigenvalue weighted by molar-refractivity contribution is 5.29. The van der Waals surface area contributed by atoms with E-state index >= 15 is 0 Å². The average molecular weight is 292 g/mol. The summed E-state index contributed by atoms with van der Waals surface area (Å²) < 4.78 is 11.4. The first-order valence-corrected chi connectivity index (χ1v) is 7.96. The van der Waals surface area contributed by atoms with Crippen LogP contribution in [0.15, 0.2) is 24.3 Å². The molecular formula is C17H28N2O2. The minimum atomic E-state index is 0.200. The summed E-state index contributed by atoms with van der Waals surface area (Å²) in [4.78, 5) is 2.44. The summed E-state index contributed by atoms with van der Waals surface area (Å²) in [6.45, 7) is 9.57. The van der Waals surface area contributed by atoms with Gasteiger partial charge < -0.3 is 15.2 Å². The Morgan fingerprint density at radius 1 is 1.33 bits per heavy atom. The lowest BCUT2D eigenvalue weighted by Crippen LogP contribution is -2.45. The Kier molecular flexibility index (Phi) is 6.03. The maximum Gasteiger partial charge on any atom is 0.119 e. The molecule has 1 aromatic carbocycles. The Bertz CT molecular complexity index is 419. The summed E-state index contributed by atoms with van der Waals surface area (Å²) in [5.74, 6) is 0.915. The predicted octanol–water partition coefficient (Wildman–Crippen LogP) is 2.58. The van der Waals surface area contributed by atoms with Gasteiger partial charge in [0.05, 0.1) is 18.8 Å². The summed E-state index contributed by atoms with van der Waals surface area (Å²) in [5.41, 5.74) is 7.28. The van der Waals surface area contributed by atoms with Gasteiger partial charge in [0, 0.05) is 25.7 Å². The maximum absolute atomic E-state index is 6.03. The van der Waals surface area contributed by atoms with Gasteiger partial charge in [-0.25, -0.2) is 0 Å². The van der Waals surface area contributed by atoms with E-state index in [1.54, 1.807) is 0 Å². The van der Waals surface area contributed by atoms with Gasteiger partial charge in [-0.3, -0.25) is 4.90 Å². The minimum Gasteiger partial charge on any atom is -0.491 e. The van der Waals surface area contributed by atoms with Crippen molar-refractivity contribution in [3.63, 3.8) is 0 Å². The number of hydrogen-bond donors (Lipinski definition) is 1. The largest absolute Gasteiger partial charge is 0.491 e. The van der Waals surface area contributed by atoms with E-state index in [1.165, 1.54) is 5.56 Å². The second kappa shape index (κ2) is 7.78. The molecule has 21 heavy (non-hydrogen) atoms. The molecule has 1 aromatic rings. The first kappa shape index (κ1) is 16.3. The van der Waals surface area contributed by atoms with Crippen LogP contribution in [0.1, 0.15) is 38.8 Å². The molecule has 1 heterocycles. The highest BCUT2D eigenvalue weighted by Gasteiger charge is 2.25. The van der Waals surface area contributed by atoms with Gasteiger partial charge in [-0.2, -0.15) is 0 Å². The highest BCUT2D eigenvalue weighted by atomic mass is 16.5. The smallest absolute Gasteiger partial charge is 0.119 e. The Labute approximate surface area is 128 Å². The zero-order valence-corrected chi connectivity index (χ0v) is 13.4. The lowest BCUT2D eigenvalue weighted by molar-refractivity contribution is -0.0437. The summed E-state index contributed by atoms with van der Waals surface area (Å²) in [6, 6.07) is 8.60. The first-order chi connectivity index (χ1) is 10.1. The molecule has 1 aliphatic heterocycles. The van der Waals surface area contributed by atoms with Crippen LogP contribution < -0.4 is 10.5 Å². The summed E-state index contributed by atoms with van der Waals surface area (Å²) in [7, 11) is 0. The van der Waals surface area contributed by atoms with Gasteiger partial charge >= 0.3 is 0 Å². The standard InChI is InChI=1S/C17H28N2O2/c1-4-15-12-19(9-10-20-15)17(11-18)14-5-7-16(8-6-14)21-13(2)3/h5-8,13,15,17H,4,9-12,18H2,1-3H3. The summed E-state index contributed by atoms with van der Waals surface area (Å²) in [6.07, 6.45) is 1.58. The number of rotatable bonds is 6. The van der Waals surface area contributed by atoms with E-state index in [0.717, 1.165) is 31.9 Å². The van der Waals surface area contributed by atoms with E-state index < -0.39 is 0 Å². The number of hydrogen-bond acceptors (Lipinski definition) is 4. The molecule has 1 saturated heterocycles. The minimum absolute atomic E-state index is 0.200. The van der Waals surface area contributed by atoms with Crippen LogP contribution in [-0.4, -0.2) is 43.3 Å². The molecule has 2 atom stereocenters. The molecule has 0 bridgehead atoms. The average Bonchev–Trinajstić information content (AvgIpc) is 2.49. The van der Waals surface area contributed by atoms with Crippen molar-refractivity contribution in [3.8, 4) is 5.75 Å². The topological polar surface area (TPSA) is 47.7 Å². The second-order valence-corrected chi connectivity index (χ2v) is 5.88. The predicted molar refractivity (Wildman–Crippen MR) is 85.6 cm³/mol. The van der Waals surface area contributed by atoms with Crippen LogP contribution in [0.5, 0.6) is 5.75 Å². The molecule has 0 radical (unpaired) electrons. The Morgan fingerprint density at radius 2 is 2.05 bits per heavy atom. The maximum atomic E-state index is 6.03. The lowest BCUT2D eigenvalue weighted by Gasteiger charge is -2.38. The van der Waals surface area contributed by atoms with Gasteiger partial charge in [0.1, 0.15) is 5.75 Å².